The molecule has 0 amide bonds. The van der Waals surface area contributed by atoms with Crippen LogP contribution < -0.4 is 0 Å². The van der Waals surface area contributed by atoms with Crippen molar-refractivity contribution < 1.29 is 37.3 Å². The zero-order valence-electron chi connectivity index (χ0n) is 35.0. The lowest BCUT2D eigenvalue weighted by Gasteiger charge is -2.24. The van der Waals surface area contributed by atoms with Crippen LogP contribution in [-0.2, 0) is 27.9 Å². The maximum Gasteiger partial charge on any atom is 0.472 e. The van der Waals surface area contributed by atoms with Crippen molar-refractivity contribution in [3.8, 4) is 0 Å². The highest BCUT2D eigenvalue weighted by atomic mass is 31.2. The number of quaternary nitrogens is 1. The van der Waals surface area contributed by atoms with Crippen LogP contribution in [-0.4, -0.2) is 75.6 Å². The van der Waals surface area contributed by atoms with Crippen LogP contribution in [0, 0.1) is 0 Å². The number of hydrogen-bond donors (Lipinski definition) is 1. The van der Waals surface area contributed by atoms with Gasteiger partial charge in [0.2, 0.25) is 0 Å². The fraction of sp³-hybridized carbons (Fsp3) is 0.795. The van der Waals surface area contributed by atoms with Crippen molar-refractivity contribution in [1.29, 1.82) is 0 Å². The van der Waals surface area contributed by atoms with E-state index in [1.807, 2.05) is 21.1 Å². The number of nitrogens with zero attached hydrogens (tertiary/aromatic N) is 1. The molecule has 1 unspecified atom stereocenters. The average Bonchev–Trinajstić information content (AvgIpc) is 3.11. The van der Waals surface area contributed by atoms with Crippen molar-refractivity contribution in [2.75, 3.05) is 54.1 Å². The Morgan fingerprint density at radius 1 is 0.642 bits per heavy atom. The van der Waals surface area contributed by atoms with E-state index in [0.717, 1.165) is 57.8 Å². The number of ether oxygens (including phenoxy) is 2. The first-order chi connectivity index (χ1) is 25.6. The standard InChI is InChI=1S/C44H82NO7P/c1-6-8-10-12-14-16-18-20-21-22-23-24-26-28-30-32-34-36-39-49-43(42-52-53(47,48)51-40-38-45(3,4)5)41-50-44(46)37-35-33-31-29-27-25-19-17-15-13-11-9-7-2/h14,16,20-21,23-24,28,30,43H,6-13,15,17-19,22,25-27,29,31-42H2,1-5H3/p+1/b16-14-,21-20-,24-23-,30-28-/t43-/m1/s1/i39+2. The molecule has 0 aromatic heterocycles. The molecule has 0 rings (SSSR count). The van der Waals surface area contributed by atoms with E-state index in [1.54, 1.807) is 0 Å². The number of hydrogen-bond acceptors (Lipinski definition) is 6. The molecule has 0 spiro atoms. The summed E-state index contributed by atoms with van der Waals surface area (Å²) in [7, 11) is 1.68. The predicted molar refractivity (Wildman–Crippen MR) is 224 cm³/mol. The predicted octanol–water partition coefficient (Wildman–Crippen LogP) is 12.4. The fourth-order valence-electron chi connectivity index (χ4n) is 5.51. The maximum atomic E-state index is 12.5. The van der Waals surface area contributed by atoms with Crippen LogP contribution in [0.5, 0.6) is 0 Å². The molecule has 1 N–H and O–H groups in total. The highest BCUT2D eigenvalue weighted by Gasteiger charge is 2.25. The molecule has 0 saturated carbocycles. The Morgan fingerprint density at radius 3 is 1.64 bits per heavy atom. The molecule has 0 bridgehead atoms. The summed E-state index contributed by atoms with van der Waals surface area (Å²) in [5.74, 6) is -0.270. The molecule has 310 valence electrons. The molecular weight excluding hydrogens is 687 g/mol. The number of carbonyl (C=O) groups is 1. The zero-order chi connectivity index (χ0) is 39.1. The second kappa shape index (κ2) is 37.4. The molecule has 9 heteroatoms. The number of unbranched alkanes of at least 4 members (excludes halogenated alkanes) is 17. The second-order valence-corrected chi connectivity index (χ2v) is 16.8. The second-order valence-electron chi connectivity index (χ2n) is 15.4. The summed E-state index contributed by atoms with van der Waals surface area (Å²) in [4.78, 5) is 22.6. The minimum Gasteiger partial charge on any atom is -0.463 e. The van der Waals surface area contributed by atoms with Crippen molar-refractivity contribution in [1.82, 2.24) is 0 Å². The Balaban J connectivity index is 4.34. The molecule has 0 aromatic carbocycles. The van der Waals surface area contributed by atoms with Crippen molar-refractivity contribution in [3.63, 3.8) is 0 Å². The topological polar surface area (TPSA) is 91.3 Å². The fourth-order valence-corrected chi connectivity index (χ4v) is 6.25. The quantitative estimate of drug-likeness (QED) is 0.0219. The zero-order valence-corrected chi connectivity index (χ0v) is 35.9. The minimum absolute atomic E-state index is 0.0205. The van der Waals surface area contributed by atoms with Gasteiger partial charge in [0.25, 0.3) is 0 Å². The third-order valence-electron chi connectivity index (χ3n) is 8.93. The lowest BCUT2D eigenvalue weighted by molar-refractivity contribution is -0.870. The van der Waals surface area contributed by atoms with Gasteiger partial charge in [-0.05, 0) is 57.8 Å². The van der Waals surface area contributed by atoms with E-state index >= 15 is 0 Å². The van der Waals surface area contributed by atoms with Gasteiger partial charge in [-0.1, -0.05) is 152 Å². The summed E-state index contributed by atoms with van der Waals surface area (Å²) >= 11 is 0. The Bertz CT molecular complexity index is 989. The van der Waals surface area contributed by atoms with Gasteiger partial charge < -0.3 is 18.9 Å². The summed E-state index contributed by atoms with van der Waals surface area (Å²) < 4.78 is 34.9. The molecule has 2 atom stereocenters. The van der Waals surface area contributed by atoms with Crippen LogP contribution in [0.15, 0.2) is 48.6 Å². The monoisotopic (exact) mass is 771 g/mol. The van der Waals surface area contributed by atoms with Gasteiger partial charge in [-0.25, -0.2) is 4.57 Å². The summed E-state index contributed by atoms with van der Waals surface area (Å²) in [5.41, 5.74) is 0. The normalized spacial score (nSPS) is 14.3. The van der Waals surface area contributed by atoms with Crippen LogP contribution in [0.1, 0.15) is 168 Å². The van der Waals surface area contributed by atoms with E-state index in [4.69, 9.17) is 18.5 Å². The Hall–Kier alpha value is -1.54. The maximum absolute atomic E-state index is 12.5. The molecule has 0 aliphatic rings. The van der Waals surface area contributed by atoms with Gasteiger partial charge in [0, 0.05) is 13.0 Å². The van der Waals surface area contributed by atoms with Crippen LogP contribution in [0.3, 0.4) is 0 Å². The summed E-state index contributed by atoms with van der Waals surface area (Å²) in [6, 6.07) is 0. The smallest absolute Gasteiger partial charge is 0.463 e. The minimum atomic E-state index is -4.25. The Labute approximate surface area is 327 Å². The van der Waals surface area contributed by atoms with Crippen LogP contribution in [0.2, 0.25) is 0 Å². The number of rotatable bonds is 39. The molecule has 0 aliphatic carbocycles. The van der Waals surface area contributed by atoms with Crippen LogP contribution in [0.4, 0.5) is 0 Å². The molecular formula is C44H83NO7P+. The molecule has 0 saturated heterocycles. The molecule has 0 heterocycles. The summed E-state index contributed by atoms with van der Waals surface area (Å²) in [6.07, 6.45) is 44.4. The Morgan fingerprint density at radius 2 is 1.11 bits per heavy atom. The summed E-state index contributed by atoms with van der Waals surface area (Å²) in [6.45, 7) is 5.37. The number of carbonyl (C=O) groups excluding carboxylic acids is 1. The van der Waals surface area contributed by atoms with Crippen molar-refractivity contribution in [2.45, 2.75) is 174 Å². The van der Waals surface area contributed by atoms with Crippen molar-refractivity contribution in [2.24, 2.45) is 0 Å². The van der Waals surface area contributed by atoms with Crippen LogP contribution >= 0.6 is 7.82 Å². The molecule has 0 aliphatic heterocycles. The van der Waals surface area contributed by atoms with E-state index in [-0.39, 0.29) is 25.8 Å². The molecule has 53 heavy (non-hydrogen) atoms. The lowest BCUT2D eigenvalue weighted by Crippen LogP contribution is -2.37. The van der Waals surface area contributed by atoms with E-state index in [2.05, 4.69) is 62.5 Å². The van der Waals surface area contributed by atoms with Gasteiger partial charge >= 0.3 is 13.8 Å². The van der Waals surface area contributed by atoms with Gasteiger partial charge in [-0.2, -0.15) is 0 Å². The number of esters is 1. The van der Waals surface area contributed by atoms with Gasteiger partial charge in [-0.15, -0.1) is 0 Å². The highest BCUT2D eigenvalue weighted by Crippen LogP contribution is 2.43. The number of phosphoric ester groups is 1. The first kappa shape index (κ1) is 51.5. The number of phosphoric acid groups is 1. The summed E-state index contributed by atoms with van der Waals surface area (Å²) in [5, 5.41) is 0. The van der Waals surface area contributed by atoms with E-state index in [9.17, 15) is 14.3 Å². The van der Waals surface area contributed by atoms with Gasteiger partial charge in [0.05, 0.1) is 27.7 Å². The van der Waals surface area contributed by atoms with E-state index in [1.165, 1.54) is 89.9 Å². The first-order valence-electron chi connectivity index (χ1n) is 21.4. The number of likely N-dealkylation sites (N-methyl/N-ethyl adjacent to an activating group) is 1. The SMILES string of the molecule is CCCCC/C=C\C/C=C\C/C=C\C/C=C\CCC[14CH2]O[C@H](COC(=O)CCCCCCCCCCCCCCC)COP(=O)(O)OCC[N+](C)(C)C. The molecule has 0 aromatic rings. The third-order valence-corrected chi connectivity index (χ3v) is 9.92. The van der Waals surface area contributed by atoms with Gasteiger partial charge in [0.1, 0.15) is 25.9 Å². The number of allylic oxidation sites excluding steroid dienone is 8. The molecule has 0 fully saturated rings. The highest BCUT2D eigenvalue weighted by molar-refractivity contribution is 7.47. The van der Waals surface area contributed by atoms with Crippen LogP contribution in [0.25, 0.3) is 0 Å². The average molecular weight is 771 g/mol. The van der Waals surface area contributed by atoms with Gasteiger partial charge in [0.15, 0.2) is 0 Å². The molecule has 0 radical (unpaired) electrons. The largest absolute Gasteiger partial charge is 0.472 e. The van der Waals surface area contributed by atoms with E-state index in [0.29, 0.717) is 24.1 Å². The lowest BCUT2D eigenvalue weighted by atomic mass is 10.0. The van der Waals surface area contributed by atoms with E-state index < -0.39 is 13.9 Å². The Kier molecular flexibility index (Phi) is 36.3. The van der Waals surface area contributed by atoms with Gasteiger partial charge in [-0.3, -0.25) is 13.8 Å². The van der Waals surface area contributed by atoms with Crippen molar-refractivity contribution >= 4 is 13.8 Å². The van der Waals surface area contributed by atoms with Crippen molar-refractivity contribution in [3.05, 3.63) is 48.6 Å². The molecule has 8 nitrogen and oxygen atoms in total. The first-order valence-corrected chi connectivity index (χ1v) is 22.9. The third kappa shape index (κ3) is 41.5.